The molecule has 2 aromatic carbocycles. The van der Waals surface area contributed by atoms with Crippen molar-refractivity contribution in [1.29, 1.82) is 0 Å². The summed E-state index contributed by atoms with van der Waals surface area (Å²) in [6.45, 7) is 2.30. The van der Waals surface area contributed by atoms with Crippen molar-refractivity contribution in [1.82, 2.24) is 24.9 Å². The van der Waals surface area contributed by atoms with Gasteiger partial charge in [0.15, 0.2) is 5.65 Å². The largest absolute Gasteiger partial charge is 0.469 e. The van der Waals surface area contributed by atoms with Gasteiger partial charge >= 0.3 is 5.97 Å². The van der Waals surface area contributed by atoms with E-state index in [0.29, 0.717) is 6.54 Å². The number of rotatable bonds is 7. The molecule has 0 radical (unpaired) electrons. The zero-order chi connectivity index (χ0) is 25.1. The molecule has 0 aliphatic rings. The van der Waals surface area contributed by atoms with Crippen molar-refractivity contribution in [2.24, 2.45) is 0 Å². The number of carbonyl (C=O) groups is 2. The SMILES string of the molecule is COC(=O)CCC(=O)NCc1ccc(-c2nc3ccn4c(C)nnc4c3cc2-c2ccccc2)cc1. The van der Waals surface area contributed by atoms with E-state index in [4.69, 9.17) is 4.98 Å². The van der Waals surface area contributed by atoms with E-state index in [1.165, 1.54) is 7.11 Å². The van der Waals surface area contributed by atoms with Crippen LogP contribution >= 0.6 is 0 Å². The van der Waals surface area contributed by atoms with Crippen LogP contribution in [0.1, 0.15) is 24.2 Å². The third-order valence-corrected chi connectivity index (χ3v) is 6.13. The summed E-state index contributed by atoms with van der Waals surface area (Å²) in [6, 6.07) is 22.2. The highest BCUT2D eigenvalue weighted by atomic mass is 16.5. The lowest BCUT2D eigenvalue weighted by Crippen LogP contribution is -2.23. The summed E-state index contributed by atoms with van der Waals surface area (Å²) in [5.74, 6) is 0.235. The molecule has 0 saturated carbocycles. The molecule has 1 amide bonds. The van der Waals surface area contributed by atoms with Crippen LogP contribution in [0.5, 0.6) is 0 Å². The summed E-state index contributed by atoms with van der Waals surface area (Å²) in [5.41, 5.74) is 6.46. The molecule has 0 unspecified atom stereocenters. The molecule has 0 aliphatic heterocycles. The van der Waals surface area contributed by atoms with Crippen LogP contribution in [0.25, 0.3) is 38.9 Å². The zero-order valence-electron chi connectivity index (χ0n) is 20.1. The molecule has 0 bridgehead atoms. The van der Waals surface area contributed by atoms with E-state index >= 15 is 0 Å². The summed E-state index contributed by atoms with van der Waals surface area (Å²) < 4.78 is 6.54. The molecule has 36 heavy (non-hydrogen) atoms. The first-order valence-electron chi connectivity index (χ1n) is 11.7. The van der Waals surface area contributed by atoms with Gasteiger partial charge < -0.3 is 10.1 Å². The monoisotopic (exact) mass is 479 g/mol. The lowest BCUT2D eigenvalue weighted by Gasteiger charge is -2.13. The Bertz CT molecular complexity index is 1560. The molecule has 0 atom stereocenters. The smallest absolute Gasteiger partial charge is 0.306 e. The highest BCUT2D eigenvalue weighted by Crippen LogP contribution is 2.34. The Morgan fingerprint density at radius 3 is 2.47 bits per heavy atom. The van der Waals surface area contributed by atoms with E-state index in [1.807, 2.05) is 66.1 Å². The van der Waals surface area contributed by atoms with E-state index in [2.05, 4.69) is 38.5 Å². The fourth-order valence-corrected chi connectivity index (χ4v) is 4.16. The number of hydrogen-bond acceptors (Lipinski definition) is 6. The number of aromatic nitrogens is 4. The first kappa shape index (κ1) is 23.2. The highest BCUT2D eigenvalue weighted by molar-refractivity contribution is 5.98. The van der Waals surface area contributed by atoms with Gasteiger partial charge in [0.05, 0.1) is 24.7 Å². The van der Waals surface area contributed by atoms with E-state index in [9.17, 15) is 9.59 Å². The van der Waals surface area contributed by atoms with Crippen molar-refractivity contribution < 1.29 is 14.3 Å². The number of amides is 1. The minimum Gasteiger partial charge on any atom is -0.469 e. The number of aryl methyl sites for hydroxylation is 1. The molecule has 0 fully saturated rings. The van der Waals surface area contributed by atoms with Gasteiger partial charge in [0.1, 0.15) is 5.82 Å². The molecule has 8 heteroatoms. The Morgan fingerprint density at radius 1 is 0.944 bits per heavy atom. The molecule has 3 aromatic heterocycles. The predicted molar refractivity (Wildman–Crippen MR) is 137 cm³/mol. The van der Waals surface area contributed by atoms with Crippen molar-refractivity contribution in [3.05, 3.63) is 84.3 Å². The van der Waals surface area contributed by atoms with Gasteiger partial charge in [-0.3, -0.25) is 14.0 Å². The summed E-state index contributed by atoms with van der Waals surface area (Å²) in [4.78, 5) is 28.3. The second-order valence-corrected chi connectivity index (χ2v) is 8.49. The number of nitrogens with one attached hydrogen (secondary N) is 1. The fourth-order valence-electron chi connectivity index (χ4n) is 4.16. The molecule has 3 heterocycles. The van der Waals surface area contributed by atoms with E-state index < -0.39 is 5.97 Å². The van der Waals surface area contributed by atoms with Gasteiger partial charge in [0, 0.05) is 35.7 Å². The van der Waals surface area contributed by atoms with Crippen LogP contribution in [0, 0.1) is 6.92 Å². The Hall–Kier alpha value is -4.59. The molecule has 180 valence electrons. The fraction of sp³-hybridized carbons (Fsp3) is 0.179. The normalized spacial score (nSPS) is 11.1. The topological polar surface area (TPSA) is 98.5 Å². The zero-order valence-corrected chi connectivity index (χ0v) is 20.1. The van der Waals surface area contributed by atoms with E-state index in [-0.39, 0.29) is 18.7 Å². The van der Waals surface area contributed by atoms with Crippen LogP contribution in [-0.4, -0.2) is 38.6 Å². The Balaban J connectivity index is 1.47. The molecular formula is C28H25N5O3. The number of hydrogen-bond donors (Lipinski definition) is 1. The van der Waals surface area contributed by atoms with Crippen LogP contribution in [0.4, 0.5) is 0 Å². The van der Waals surface area contributed by atoms with E-state index in [0.717, 1.165) is 50.3 Å². The quantitative estimate of drug-likeness (QED) is 0.346. The number of benzene rings is 2. The van der Waals surface area contributed by atoms with Gasteiger partial charge in [-0.15, -0.1) is 10.2 Å². The maximum atomic E-state index is 12.0. The van der Waals surface area contributed by atoms with Crippen LogP contribution in [-0.2, 0) is 20.9 Å². The minimum absolute atomic E-state index is 0.0673. The Morgan fingerprint density at radius 2 is 1.72 bits per heavy atom. The summed E-state index contributed by atoms with van der Waals surface area (Å²) >= 11 is 0. The van der Waals surface area contributed by atoms with Crippen molar-refractivity contribution >= 4 is 28.4 Å². The Kier molecular flexibility index (Phi) is 6.40. The Labute approximate surface area is 208 Å². The predicted octanol–water partition coefficient (Wildman–Crippen LogP) is 4.49. The van der Waals surface area contributed by atoms with Gasteiger partial charge in [0.2, 0.25) is 5.91 Å². The first-order valence-corrected chi connectivity index (χ1v) is 11.7. The van der Waals surface area contributed by atoms with Crippen LogP contribution in [0.3, 0.4) is 0 Å². The molecule has 5 rings (SSSR count). The standard InChI is InChI=1S/C28H25N5O3/c1-18-31-32-28-23-16-22(20-6-4-3-5-7-20)27(30-24(23)14-15-33(18)28)21-10-8-19(9-11-21)17-29-25(34)12-13-26(35)36-2/h3-11,14-16H,12-13,17H2,1-2H3,(H,29,34). The van der Waals surface area contributed by atoms with Gasteiger partial charge in [-0.05, 0) is 30.2 Å². The number of pyridine rings is 2. The van der Waals surface area contributed by atoms with Crippen molar-refractivity contribution in [3.63, 3.8) is 0 Å². The molecule has 0 saturated heterocycles. The number of methoxy groups -OCH3 is 1. The average molecular weight is 480 g/mol. The van der Waals surface area contributed by atoms with Gasteiger partial charge in [-0.1, -0.05) is 54.6 Å². The molecule has 5 aromatic rings. The average Bonchev–Trinajstić information content (AvgIpc) is 3.31. The number of fused-ring (bicyclic) bond motifs is 3. The molecule has 0 aliphatic carbocycles. The van der Waals surface area contributed by atoms with E-state index in [1.54, 1.807) is 0 Å². The summed E-state index contributed by atoms with van der Waals surface area (Å²) in [5, 5.41) is 12.4. The number of nitrogens with zero attached hydrogens (tertiary/aromatic N) is 4. The van der Waals surface area contributed by atoms with Crippen LogP contribution in [0.15, 0.2) is 72.9 Å². The molecule has 0 spiro atoms. The first-order chi connectivity index (χ1) is 17.5. The number of carbonyl (C=O) groups excluding carboxylic acids is 2. The van der Waals surface area contributed by atoms with Crippen molar-refractivity contribution in [3.8, 4) is 22.4 Å². The molecular weight excluding hydrogens is 454 g/mol. The van der Waals surface area contributed by atoms with Crippen molar-refractivity contribution in [2.45, 2.75) is 26.3 Å². The van der Waals surface area contributed by atoms with Crippen LogP contribution < -0.4 is 5.32 Å². The van der Waals surface area contributed by atoms with Gasteiger partial charge in [0.25, 0.3) is 0 Å². The lowest BCUT2D eigenvalue weighted by atomic mass is 9.97. The van der Waals surface area contributed by atoms with Crippen LogP contribution in [0.2, 0.25) is 0 Å². The third-order valence-electron chi connectivity index (χ3n) is 6.13. The maximum Gasteiger partial charge on any atom is 0.306 e. The second kappa shape index (κ2) is 9.95. The minimum atomic E-state index is -0.397. The van der Waals surface area contributed by atoms with Gasteiger partial charge in [-0.2, -0.15) is 0 Å². The second-order valence-electron chi connectivity index (χ2n) is 8.49. The molecule has 1 N–H and O–H groups in total. The highest BCUT2D eigenvalue weighted by Gasteiger charge is 2.15. The summed E-state index contributed by atoms with van der Waals surface area (Å²) in [7, 11) is 1.31. The van der Waals surface area contributed by atoms with Gasteiger partial charge in [-0.25, -0.2) is 4.98 Å². The third kappa shape index (κ3) is 4.65. The summed E-state index contributed by atoms with van der Waals surface area (Å²) in [6.07, 6.45) is 2.11. The number of esters is 1. The van der Waals surface area contributed by atoms with Crippen molar-refractivity contribution in [2.75, 3.05) is 7.11 Å². The lowest BCUT2D eigenvalue weighted by molar-refractivity contribution is -0.142. The maximum absolute atomic E-state index is 12.0. The molecule has 8 nitrogen and oxygen atoms in total. The number of ether oxygens (including phenoxy) is 1.